The van der Waals surface area contributed by atoms with Crippen LogP contribution in [0.2, 0.25) is 0 Å². The largest absolute Gasteiger partial charge is 0.355 e. The summed E-state index contributed by atoms with van der Waals surface area (Å²) >= 11 is 0. The maximum absolute atomic E-state index is 12.4. The molecule has 1 aliphatic heterocycles. The van der Waals surface area contributed by atoms with Gasteiger partial charge in [0.15, 0.2) is 17.3 Å². The third kappa shape index (κ3) is 3.77. The molecule has 0 unspecified atom stereocenters. The third-order valence-corrected chi connectivity index (χ3v) is 4.44. The molecule has 0 radical (unpaired) electrons. The standard InChI is InChI=1S/C18H20N8O/c19-11-15-21-17(25-23-15)12-3-5-13(6-4-12)20-18(27)14-7-8-16(24-22-14)26-9-1-2-10-26/h3-8H,1-2,9-11,19H2,(H,20,27)(H,21,23,25). The molecule has 3 aromatic rings. The maximum atomic E-state index is 12.4. The summed E-state index contributed by atoms with van der Waals surface area (Å²) in [6, 6.07) is 10.8. The Hall–Kier alpha value is -3.33. The molecule has 27 heavy (non-hydrogen) atoms. The maximum Gasteiger partial charge on any atom is 0.276 e. The molecule has 4 rings (SSSR count). The van der Waals surface area contributed by atoms with Crippen LogP contribution in [0.4, 0.5) is 11.5 Å². The topological polar surface area (TPSA) is 126 Å². The number of carbonyl (C=O) groups excluding carboxylic acids is 1. The Morgan fingerprint density at radius 2 is 1.89 bits per heavy atom. The van der Waals surface area contributed by atoms with Crippen molar-refractivity contribution in [2.75, 3.05) is 23.3 Å². The van der Waals surface area contributed by atoms with Gasteiger partial charge >= 0.3 is 0 Å². The lowest BCUT2D eigenvalue weighted by Crippen LogP contribution is -2.21. The first kappa shape index (κ1) is 17.1. The number of amides is 1. The molecule has 4 N–H and O–H groups in total. The van der Waals surface area contributed by atoms with Crippen LogP contribution in [0.1, 0.15) is 29.2 Å². The molecular formula is C18H20N8O. The first-order chi connectivity index (χ1) is 13.2. The second kappa shape index (κ2) is 7.50. The minimum absolute atomic E-state index is 0.281. The van der Waals surface area contributed by atoms with Crippen LogP contribution in [-0.4, -0.2) is 44.4 Å². The van der Waals surface area contributed by atoms with Crippen LogP contribution in [0, 0.1) is 0 Å². The molecule has 1 saturated heterocycles. The van der Waals surface area contributed by atoms with Crippen molar-refractivity contribution in [2.45, 2.75) is 19.4 Å². The van der Waals surface area contributed by atoms with Gasteiger partial charge in [-0.3, -0.25) is 9.89 Å². The van der Waals surface area contributed by atoms with E-state index in [1.807, 2.05) is 18.2 Å². The Morgan fingerprint density at radius 1 is 1.11 bits per heavy atom. The van der Waals surface area contributed by atoms with Crippen LogP contribution in [0.15, 0.2) is 36.4 Å². The normalized spacial score (nSPS) is 13.7. The Labute approximate surface area is 156 Å². The molecule has 3 heterocycles. The average Bonchev–Trinajstić information content (AvgIpc) is 3.41. The Bertz CT molecular complexity index is 913. The summed E-state index contributed by atoms with van der Waals surface area (Å²) in [7, 11) is 0. The monoisotopic (exact) mass is 364 g/mol. The van der Waals surface area contributed by atoms with Crippen molar-refractivity contribution in [1.82, 2.24) is 25.4 Å². The van der Waals surface area contributed by atoms with E-state index in [1.54, 1.807) is 18.2 Å². The van der Waals surface area contributed by atoms with Gasteiger partial charge in [0.1, 0.15) is 5.82 Å². The number of hydrogen-bond acceptors (Lipinski definition) is 7. The Balaban J connectivity index is 1.41. The van der Waals surface area contributed by atoms with Crippen molar-refractivity contribution in [3.05, 3.63) is 47.9 Å². The van der Waals surface area contributed by atoms with Gasteiger partial charge in [0.25, 0.3) is 5.91 Å². The summed E-state index contributed by atoms with van der Waals surface area (Å²) in [5.41, 5.74) is 7.29. The lowest BCUT2D eigenvalue weighted by Gasteiger charge is -2.15. The van der Waals surface area contributed by atoms with Crippen molar-refractivity contribution >= 4 is 17.4 Å². The number of H-pyrrole nitrogens is 1. The fraction of sp³-hybridized carbons (Fsp3) is 0.278. The van der Waals surface area contributed by atoms with Crippen molar-refractivity contribution in [3.8, 4) is 11.4 Å². The number of nitrogens with zero attached hydrogens (tertiary/aromatic N) is 5. The van der Waals surface area contributed by atoms with Crippen molar-refractivity contribution in [2.24, 2.45) is 5.73 Å². The summed E-state index contributed by atoms with van der Waals surface area (Å²) < 4.78 is 0. The number of carbonyl (C=O) groups is 1. The number of rotatable bonds is 5. The van der Waals surface area contributed by atoms with Crippen LogP contribution in [0.25, 0.3) is 11.4 Å². The highest BCUT2D eigenvalue weighted by Crippen LogP contribution is 2.19. The van der Waals surface area contributed by atoms with Gasteiger partial charge in [0.2, 0.25) is 0 Å². The molecule has 0 aliphatic carbocycles. The van der Waals surface area contributed by atoms with Crippen molar-refractivity contribution in [3.63, 3.8) is 0 Å². The molecule has 0 atom stereocenters. The van der Waals surface area contributed by atoms with Gasteiger partial charge in [-0.2, -0.15) is 5.10 Å². The lowest BCUT2D eigenvalue weighted by atomic mass is 10.2. The highest BCUT2D eigenvalue weighted by atomic mass is 16.1. The van der Waals surface area contributed by atoms with Crippen LogP contribution in [-0.2, 0) is 6.54 Å². The molecular weight excluding hydrogens is 344 g/mol. The zero-order chi connectivity index (χ0) is 18.6. The molecule has 9 heteroatoms. The van der Waals surface area contributed by atoms with E-state index >= 15 is 0 Å². The molecule has 1 amide bonds. The first-order valence-electron chi connectivity index (χ1n) is 8.85. The van der Waals surface area contributed by atoms with Gasteiger partial charge in [-0.05, 0) is 49.2 Å². The number of benzene rings is 1. The SMILES string of the molecule is NCc1nc(-c2ccc(NC(=O)c3ccc(N4CCCC4)nn3)cc2)n[nH]1. The molecule has 1 aliphatic rings. The Kier molecular flexibility index (Phi) is 4.75. The summed E-state index contributed by atoms with van der Waals surface area (Å²) in [5.74, 6) is 1.71. The number of aromatic amines is 1. The van der Waals surface area contributed by atoms with E-state index in [1.165, 1.54) is 12.8 Å². The van der Waals surface area contributed by atoms with Crippen LogP contribution in [0.3, 0.4) is 0 Å². The fourth-order valence-electron chi connectivity index (χ4n) is 2.97. The number of anilines is 2. The highest BCUT2D eigenvalue weighted by molar-refractivity contribution is 6.02. The second-order valence-corrected chi connectivity index (χ2v) is 6.31. The zero-order valence-electron chi connectivity index (χ0n) is 14.7. The Morgan fingerprint density at radius 3 is 2.52 bits per heavy atom. The van der Waals surface area contributed by atoms with Crippen molar-refractivity contribution < 1.29 is 4.79 Å². The first-order valence-corrected chi connectivity index (χ1v) is 8.85. The molecule has 0 bridgehead atoms. The fourth-order valence-corrected chi connectivity index (χ4v) is 2.97. The van der Waals surface area contributed by atoms with E-state index in [9.17, 15) is 4.79 Å². The van der Waals surface area contributed by atoms with E-state index < -0.39 is 0 Å². The minimum atomic E-state index is -0.300. The summed E-state index contributed by atoms with van der Waals surface area (Å²) in [5, 5.41) is 17.9. The number of nitrogens with two attached hydrogens (primary N) is 1. The number of hydrogen-bond donors (Lipinski definition) is 3. The van der Waals surface area contributed by atoms with Gasteiger partial charge in [0.05, 0.1) is 6.54 Å². The molecule has 2 aromatic heterocycles. The van der Waals surface area contributed by atoms with E-state index in [-0.39, 0.29) is 11.6 Å². The van der Waals surface area contributed by atoms with Crippen LogP contribution in [0.5, 0.6) is 0 Å². The predicted molar refractivity (Wildman–Crippen MR) is 101 cm³/mol. The van der Waals surface area contributed by atoms with Crippen molar-refractivity contribution in [1.29, 1.82) is 0 Å². The van der Waals surface area contributed by atoms with E-state index in [0.29, 0.717) is 23.9 Å². The third-order valence-electron chi connectivity index (χ3n) is 4.44. The summed E-state index contributed by atoms with van der Waals surface area (Å²) in [6.07, 6.45) is 2.34. The van der Waals surface area contributed by atoms with Crippen LogP contribution < -0.4 is 16.0 Å². The second-order valence-electron chi connectivity index (χ2n) is 6.31. The van der Waals surface area contributed by atoms with Gasteiger partial charge in [0, 0.05) is 24.3 Å². The average molecular weight is 364 g/mol. The molecule has 1 fully saturated rings. The molecule has 0 saturated carbocycles. The lowest BCUT2D eigenvalue weighted by molar-refractivity contribution is 0.102. The molecule has 9 nitrogen and oxygen atoms in total. The molecule has 1 aromatic carbocycles. The quantitative estimate of drug-likeness (QED) is 0.627. The van der Waals surface area contributed by atoms with Gasteiger partial charge in [-0.15, -0.1) is 10.2 Å². The highest BCUT2D eigenvalue weighted by Gasteiger charge is 2.15. The van der Waals surface area contributed by atoms with Gasteiger partial charge in [-0.25, -0.2) is 4.98 Å². The summed E-state index contributed by atoms with van der Waals surface area (Å²) in [6.45, 7) is 2.28. The minimum Gasteiger partial charge on any atom is -0.355 e. The van der Waals surface area contributed by atoms with Gasteiger partial charge in [-0.1, -0.05) is 0 Å². The molecule has 0 spiro atoms. The number of nitrogens with one attached hydrogen (secondary N) is 2. The molecule has 138 valence electrons. The zero-order valence-corrected chi connectivity index (χ0v) is 14.7. The van der Waals surface area contributed by atoms with E-state index in [2.05, 4.69) is 35.6 Å². The number of aromatic nitrogens is 5. The summed E-state index contributed by atoms with van der Waals surface area (Å²) in [4.78, 5) is 18.8. The van der Waals surface area contributed by atoms with E-state index in [0.717, 1.165) is 24.5 Å². The smallest absolute Gasteiger partial charge is 0.276 e. The van der Waals surface area contributed by atoms with Gasteiger partial charge < -0.3 is 16.0 Å². The van der Waals surface area contributed by atoms with E-state index in [4.69, 9.17) is 5.73 Å². The predicted octanol–water partition coefficient (Wildman–Crippen LogP) is 1.57. The van der Waals surface area contributed by atoms with Crippen LogP contribution >= 0.6 is 0 Å².